The highest BCUT2D eigenvalue weighted by atomic mass is 16.1. The van der Waals surface area contributed by atoms with Crippen LogP contribution in [0.2, 0.25) is 0 Å². The molecule has 0 atom stereocenters. The fourth-order valence-electron chi connectivity index (χ4n) is 4.71. The quantitative estimate of drug-likeness (QED) is 0.473. The first-order chi connectivity index (χ1) is 15.1. The molecule has 3 aliphatic rings. The molecular weight excluding hydrogens is 382 g/mol. The zero-order valence-electron chi connectivity index (χ0n) is 17.7. The highest BCUT2D eigenvalue weighted by Gasteiger charge is 2.26. The normalized spacial score (nSPS) is 14.5. The molecule has 2 aliphatic carbocycles. The van der Waals surface area contributed by atoms with Crippen molar-refractivity contribution in [1.82, 2.24) is 0 Å². The monoisotopic (exact) mass is 407 g/mol. The SMILES string of the molecule is Cc1cc(C#N)c(NC(=O)c2cc(N3CCCCC3)c3cc2C3)cc1-c1ccccc1. The number of hydrogen-bond acceptors (Lipinski definition) is 3. The molecule has 0 saturated carbocycles. The molecule has 31 heavy (non-hydrogen) atoms. The lowest BCUT2D eigenvalue weighted by atomic mass is 9.85. The average molecular weight is 408 g/mol. The number of anilines is 2. The number of amides is 1. The molecule has 1 fully saturated rings. The number of piperidine rings is 1. The summed E-state index contributed by atoms with van der Waals surface area (Å²) in [5.41, 5.74) is 8.50. The van der Waals surface area contributed by atoms with Crippen molar-refractivity contribution in [1.29, 1.82) is 5.26 Å². The molecule has 1 saturated heterocycles. The Morgan fingerprint density at radius 1 is 1.00 bits per heavy atom. The van der Waals surface area contributed by atoms with E-state index >= 15 is 0 Å². The van der Waals surface area contributed by atoms with Gasteiger partial charge in [-0.2, -0.15) is 5.26 Å². The molecule has 0 unspecified atom stereocenters. The Hall–Kier alpha value is -3.58. The van der Waals surface area contributed by atoms with Gasteiger partial charge in [0.25, 0.3) is 5.91 Å². The predicted molar refractivity (Wildman–Crippen MR) is 125 cm³/mol. The predicted octanol–water partition coefficient (Wildman–Crippen LogP) is 5.68. The Morgan fingerprint density at radius 3 is 2.45 bits per heavy atom. The van der Waals surface area contributed by atoms with Crippen LogP contribution in [0.3, 0.4) is 0 Å². The van der Waals surface area contributed by atoms with Crippen LogP contribution in [0, 0.1) is 18.3 Å². The summed E-state index contributed by atoms with van der Waals surface area (Å²) in [5.74, 6) is -0.140. The lowest BCUT2D eigenvalue weighted by Gasteiger charge is -2.34. The van der Waals surface area contributed by atoms with E-state index in [0.717, 1.165) is 47.3 Å². The minimum absolute atomic E-state index is 0.140. The number of aryl methyl sites for hydroxylation is 1. The first-order valence-corrected chi connectivity index (χ1v) is 11.0. The number of nitrogens with one attached hydrogen (secondary N) is 1. The summed E-state index contributed by atoms with van der Waals surface area (Å²) in [4.78, 5) is 15.7. The van der Waals surface area contributed by atoms with Crippen molar-refractivity contribution in [3.8, 4) is 17.2 Å². The Labute approximate surface area is 183 Å². The topological polar surface area (TPSA) is 56.1 Å². The van der Waals surface area contributed by atoms with Crippen molar-refractivity contribution < 1.29 is 4.79 Å². The van der Waals surface area contributed by atoms with Gasteiger partial charge in [0, 0.05) is 30.8 Å². The molecule has 2 bridgehead atoms. The number of carbonyl (C=O) groups is 1. The second-order valence-corrected chi connectivity index (χ2v) is 8.51. The summed E-state index contributed by atoms with van der Waals surface area (Å²) in [5, 5.41) is 12.7. The number of benzene rings is 3. The molecule has 3 aromatic carbocycles. The fourth-order valence-corrected chi connectivity index (χ4v) is 4.71. The van der Waals surface area contributed by atoms with Gasteiger partial charge in [0.2, 0.25) is 0 Å². The molecule has 3 aromatic rings. The zero-order chi connectivity index (χ0) is 21.4. The van der Waals surface area contributed by atoms with Crippen molar-refractivity contribution in [2.24, 2.45) is 0 Å². The molecule has 0 radical (unpaired) electrons. The van der Waals surface area contributed by atoms with E-state index < -0.39 is 0 Å². The number of nitriles is 1. The molecule has 1 amide bonds. The third-order valence-corrected chi connectivity index (χ3v) is 6.44. The molecule has 154 valence electrons. The maximum Gasteiger partial charge on any atom is 0.256 e. The fraction of sp³-hybridized carbons (Fsp3) is 0.259. The lowest BCUT2D eigenvalue weighted by Crippen LogP contribution is -2.32. The minimum Gasteiger partial charge on any atom is -0.371 e. The van der Waals surface area contributed by atoms with E-state index in [4.69, 9.17) is 0 Å². The summed E-state index contributed by atoms with van der Waals surface area (Å²) in [6.07, 6.45) is 4.56. The van der Waals surface area contributed by atoms with Crippen molar-refractivity contribution in [2.75, 3.05) is 23.3 Å². The van der Waals surface area contributed by atoms with Crippen LogP contribution >= 0.6 is 0 Å². The molecule has 1 N–H and O–H groups in total. The second kappa shape index (κ2) is 7.92. The largest absolute Gasteiger partial charge is 0.371 e. The van der Waals surface area contributed by atoms with Gasteiger partial charge in [0.15, 0.2) is 0 Å². The number of rotatable bonds is 4. The molecule has 4 heteroatoms. The van der Waals surface area contributed by atoms with Gasteiger partial charge in [0.05, 0.1) is 11.3 Å². The van der Waals surface area contributed by atoms with Gasteiger partial charge < -0.3 is 10.2 Å². The molecule has 1 heterocycles. The Bertz CT molecular complexity index is 1200. The molecular formula is C27H25N3O. The van der Waals surface area contributed by atoms with Gasteiger partial charge in [-0.1, -0.05) is 36.4 Å². The zero-order valence-corrected chi connectivity index (χ0v) is 17.7. The van der Waals surface area contributed by atoms with Crippen molar-refractivity contribution >= 4 is 17.3 Å². The van der Waals surface area contributed by atoms with Gasteiger partial charge in [0.1, 0.15) is 6.07 Å². The van der Waals surface area contributed by atoms with Gasteiger partial charge in [-0.3, -0.25) is 4.79 Å². The average Bonchev–Trinajstić information content (AvgIpc) is 2.80. The Balaban J connectivity index is 1.47. The number of nitrogens with zero attached hydrogens (tertiary/aromatic N) is 2. The van der Waals surface area contributed by atoms with Crippen LogP contribution in [0.15, 0.2) is 54.6 Å². The Kier molecular flexibility index (Phi) is 4.95. The molecule has 4 nitrogen and oxygen atoms in total. The van der Waals surface area contributed by atoms with E-state index in [1.165, 1.54) is 30.5 Å². The summed E-state index contributed by atoms with van der Waals surface area (Å²) < 4.78 is 0. The van der Waals surface area contributed by atoms with Gasteiger partial charge >= 0.3 is 0 Å². The third kappa shape index (κ3) is 3.57. The minimum atomic E-state index is -0.140. The maximum absolute atomic E-state index is 13.3. The third-order valence-electron chi connectivity index (χ3n) is 6.44. The van der Waals surface area contributed by atoms with Crippen LogP contribution in [0.5, 0.6) is 0 Å². The van der Waals surface area contributed by atoms with Crippen LogP contribution < -0.4 is 10.2 Å². The van der Waals surface area contributed by atoms with Crippen LogP contribution in [0.4, 0.5) is 11.4 Å². The van der Waals surface area contributed by atoms with Crippen LogP contribution in [0.25, 0.3) is 11.1 Å². The Morgan fingerprint density at radius 2 is 1.74 bits per heavy atom. The van der Waals surface area contributed by atoms with E-state index in [1.54, 1.807) is 0 Å². The number of hydrogen-bond donors (Lipinski definition) is 1. The van der Waals surface area contributed by atoms with Gasteiger partial charge in [-0.15, -0.1) is 0 Å². The first-order valence-electron chi connectivity index (χ1n) is 11.0. The van der Waals surface area contributed by atoms with Gasteiger partial charge in [-0.25, -0.2) is 0 Å². The van der Waals surface area contributed by atoms with Crippen molar-refractivity contribution in [2.45, 2.75) is 32.6 Å². The number of fused-ring (bicyclic) bond motifs is 2. The second-order valence-electron chi connectivity index (χ2n) is 8.51. The molecule has 0 spiro atoms. The van der Waals surface area contributed by atoms with E-state index in [1.807, 2.05) is 55.5 Å². The van der Waals surface area contributed by atoms with Crippen LogP contribution in [-0.4, -0.2) is 19.0 Å². The maximum atomic E-state index is 13.3. The standard InChI is InChI=1S/C27H25N3O/c1-18-12-22(17-28)25(15-23(18)19-8-4-2-5-9-19)29-27(31)24-16-26(21-13-20(24)14-21)30-10-6-3-7-11-30/h2,4-5,8-9,12-13,15-16H,3,6-7,10-11,14H2,1H3,(H,29,31). The number of carbonyl (C=O) groups excluding carboxylic acids is 1. The van der Waals surface area contributed by atoms with E-state index in [-0.39, 0.29) is 5.91 Å². The summed E-state index contributed by atoms with van der Waals surface area (Å²) in [6, 6.07) is 20.3. The van der Waals surface area contributed by atoms with Crippen molar-refractivity contribution in [3.63, 3.8) is 0 Å². The van der Waals surface area contributed by atoms with Gasteiger partial charge in [-0.05, 0) is 72.2 Å². The smallest absolute Gasteiger partial charge is 0.256 e. The van der Waals surface area contributed by atoms with Crippen LogP contribution in [-0.2, 0) is 6.42 Å². The summed E-state index contributed by atoms with van der Waals surface area (Å²) in [7, 11) is 0. The summed E-state index contributed by atoms with van der Waals surface area (Å²) >= 11 is 0. The van der Waals surface area contributed by atoms with E-state index in [9.17, 15) is 10.1 Å². The molecule has 6 rings (SSSR count). The highest BCUT2D eigenvalue weighted by Crippen LogP contribution is 2.37. The van der Waals surface area contributed by atoms with Crippen LogP contribution in [0.1, 0.15) is 51.9 Å². The van der Waals surface area contributed by atoms with E-state index in [2.05, 4.69) is 22.4 Å². The molecule has 0 aromatic heterocycles. The lowest BCUT2D eigenvalue weighted by molar-refractivity contribution is 0.102. The highest BCUT2D eigenvalue weighted by molar-refractivity contribution is 6.08. The summed E-state index contributed by atoms with van der Waals surface area (Å²) in [6.45, 7) is 4.11. The van der Waals surface area contributed by atoms with E-state index in [0.29, 0.717) is 11.3 Å². The molecule has 1 aliphatic heterocycles. The van der Waals surface area contributed by atoms with Crippen molar-refractivity contribution in [3.05, 3.63) is 82.4 Å². The first kappa shape index (κ1) is 19.4.